The minimum absolute atomic E-state index is 0. The predicted molar refractivity (Wildman–Crippen MR) is 103 cm³/mol. The van der Waals surface area contributed by atoms with E-state index in [-0.39, 0.29) is 29.9 Å². The summed E-state index contributed by atoms with van der Waals surface area (Å²) in [6.45, 7) is 2.91. The van der Waals surface area contributed by atoms with Crippen LogP contribution in [0.15, 0.2) is 29.3 Å². The number of halogens is 1. The van der Waals surface area contributed by atoms with Gasteiger partial charge >= 0.3 is 0 Å². The standard InChI is InChI=1S/C17H24N4O.HI/c18-17(20-12-13-4-3-5-13)19-9-11-21-10-8-14-6-1-2-7-15(14)16(21)22;/h1-2,6-7,13H,3-5,8-12H2,(H3,18,19,20);1H. The molecule has 3 N–H and O–H groups in total. The number of carbonyl (C=O) groups excluding carboxylic acids is 1. The molecule has 6 heteroatoms. The summed E-state index contributed by atoms with van der Waals surface area (Å²) in [6.07, 6.45) is 4.80. The molecule has 5 nitrogen and oxygen atoms in total. The fourth-order valence-electron chi connectivity index (χ4n) is 2.97. The molecule has 1 aromatic carbocycles. The Hall–Kier alpha value is -1.31. The summed E-state index contributed by atoms with van der Waals surface area (Å²) in [7, 11) is 0. The molecule has 1 amide bonds. The molecule has 0 unspecified atom stereocenters. The average molecular weight is 428 g/mol. The Morgan fingerprint density at radius 2 is 2.13 bits per heavy atom. The number of nitrogens with two attached hydrogens (primary N) is 1. The lowest BCUT2D eigenvalue weighted by Gasteiger charge is -2.28. The number of hydrogen-bond acceptors (Lipinski definition) is 2. The Morgan fingerprint density at radius 1 is 1.35 bits per heavy atom. The zero-order valence-corrected chi connectivity index (χ0v) is 15.7. The highest BCUT2D eigenvalue weighted by atomic mass is 127. The lowest BCUT2D eigenvalue weighted by Crippen LogP contribution is -2.44. The summed E-state index contributed by atoms with van der Waals surface area (Å²) in [6, 6.07) is 7.85. The van der Waals surface area contributed by atoms with E-state index in [4.69, 9.17) is 5.73 Å². The average Bonchev–Trinajstić information content (AvgIpc) is 2.48. The molecule has 1 heterocycles. The van der Waals surface area contributed by atoms with Gasteiger partial charge in [-0.1, -0.05) is 24.6 Å². The molecule has 1 aliphatic carbocycles. The molecule has 1 aliphatic heterocycles. The molecule has 1 saturated carbocycles. The van der Waals surface area contributed by atoms with Gasteiger partial charge < -0.3 is 16.0 Å². The van der Waals surface area contributed by atoms with Gasteiger partial charge in [-0.3, -0.25) is 9.79 Å². The monoisotopic (exact) mass is 428 g/mol. The largest absolute Gasteiger partial charge is 0.370 e. The van der Waals surface area contributed by atoms with E-state index in [1.54, 1.807) is 0 Å². The topological polar surface area (TPSA) is 70.7 Å². The van der Waals surface area contributed by atoms with Gasteiger partial charge in [0.05, 0.1) is 0 Å². The summed E-state index contributed by atoms with van der Waals surface area (Å²) in [4.78, 5) is 18.6. The second-order valence-electron chi connectivity index (χ2n) is 6.15. The molecule has 0 radical (unpaired) electrons. The highest BCUT2D eigenvalue weighted by Gasteiger charge is 2.23. The van der Waals surface area contributed by atoms with Crippen molar-refractivity contribution in [2.75, 3.05) is 26.2 Å². The van der Waals surface area contributed by atoms with Crippen LogP contribution in [0.1, 0.15) is 35.2 Å². The fraction of sp³-hybridized carbons (Fsp3) is 0.529. The van der Waals surface area contributed by atoms with Crippen molar-refractivity contribution in [2.45, 2.75) is 25.7 Å². The van der Waals surface area contributed by atoms with Gasteiger partial charge in [0.2, 0.25) is 0 Å². The van der Waals surface area contributed by atoms with Crippen LogP contribution < -0.4 is 11.1 Å². The number of benzene rings is 1. The normalized spacial score (nSPS) is 18.0. The number of nitrogens with one attached hydrogen (secondary N) is 1. The third-order valence-corrected chi connectivity index (χ3v) is 4.62. The van der Waals surface area contributed by atoms with Crippen LogP contribution in [0.4, 0.5) is 0 Å². The molecule has 3 rings (SSSR count). The van der Waals surface area contributed by atoms with Gasteiger partial charge in [-0.25, -0.2) is 0 Å². The van der Waals surface area contributed by atoms with Crippen LogP contribution in [0, 0.1) is 5.92 Å². The van der Waals surface area contributed by atoms with Crippen molar-refractivity contribution in [3.05, 3.63) is 35.4 Å². The van der Waals surface area contributed by atoms with Crippen molar-refractivity contribution < 1.29 is 4.79 Å². The second-order valence-corrected chi connectivity index (χ2v) is 6.15. The third kappa shape index (κ3) is 4.59. The Kier molecular flexibility index (Phi) is 6.68. The third-order valence-electron chi connectivity index (χ3n) is 4.62. The van der Waals surface area contributed by atoms with Crippen molar-refractivity contribution in [1.82, 2.24) is 10.2 Å². The smallest absolute Gasteiger partial charge is 0.254 e. The van der Waals surface area contributed by atoms with Gasteiger partial charge in [-0.15, -0.1) is 24.0 Å². The van der Waals surface area contributed by atoms with Crippen LogP contribution in [0.5, 0.6) is 0 Å². The minimum atomic E-state index is 0. The van der Waals surface area contributed by atoms with Crippen molar-refractivity contribution >= 4 is 35.8 Å². The Balaban J connectivity index is 0.00000192. The fourth-order valence-corrected chi connectivity index (χ4v) is 2.97. The van der Waals surface area contributed by atoms with Crippen LogP contribution in [0.3, 0.4) is 0 Å². The molecule has 2 aliphatic rings. The number of nitrogens with zero attached hydrogens (tertiary/aromatic N) is 2. The molecule has 0 saturated heterocycles. The first kappa shape index (κ1) is 18.0. The van der Waals surface area contributed by atoms with E-state index in [1.165, 1.54) is 19.3 Å². The van der Waals surface area contributed by atoms with Crippen LogP contribution >= 0.6 is 24.0 Å². The molecule has 23 heavy (non-hydrogen) atoms. The molecule has 0 bridgehead atoms. The number of carbonyl (C=O) groups is 1. The van der Waals surface area contributed by atoms with Gasteiger partial charge in [0.25, 0.3) is 5.91 Å². The lowest BCUT2D eigenvalue weighted by molar-refractivity contribution is 0.0743. The molecule has 0 atom stereocenters. The Labute approximate surface area is 154 Å². The van der Waals surface area contributed by atoms with E-state index in [1.807, 2.05) is 29.2 Å². The molecule has 126 valence electrons. The molecular formula is C17H25IN4O. The van der Waals surface area contributed by atoms with Crippen molar-refractivity contribution in [3.8, 4) is 0 Å². The summed E-state index contributed by atoms with van der Waals surface area (Å²) >= 11 is 0. The van der Waals surface area contributed by atoms with Gasteiger partial charge in [-0.05, 0) is 36.8 Å². The first-order valence-corrected chi connectivity index (χ1v) is 8.15. The Bertz CT molecular complexity index is 571. The van der Waals surface area contributed by atoms with Crippen LogP contribution in [-0.4, -0.2) is 42.9 Å². The van der Waals surface area contributed by atoms with E-state index in [9.17, 15) is 4.79 Å². The van der Waals surface area contributed by atoms with Crippen molar-refractivity contribution in [3.63, 3.8) is 0 Å². The molecule has 1 aromatic rings. The van der Waals surface area contributed by atoms with Crippen molar-refractivity contribution in [2.24, 2.45) is 16.6 Å². The van der Waals surface area contributed by atoms with E-state index >= 15 is 0 Å². The molecule has 1 fully saturated rings. The van der Waals surface area contributed by atoms with E-state index in [2.05, 4.69) is 10.3 Å². The van der Waals surface area contributed by atoms with Crippen molar-refractivity contribution in [1.29, 1.82) is 0 Å². The number of rotatable bonds is 5. The number of guanidine groups is 1. The summed E-state index contributed by atoms with van der Waals surface area (Å²) < 4.78 is 0. The summed E-state index contributed by atoms with van der Waals surface area (Å²) in [5, 5.41) is 3.11. The van der Waals surface area contributed by atoms with Crippen LogP contribution in [-0.2, 0) is 6.42 Å². The second kappa shape index (κ2) is 8.52. The maximum absolute atomic E-state index is 12.4. The van der Waals surface area contributed by atoms with Crippen LogP contribution in [0.2, 0.25) is 0 Å². The number of hydrogen-bond donors (Lipinski definition) is 2. The van der Waals surface area contributed by atoms with Gasteiger partial charge in [0.15, 0.2) is 5.96 Å². The maximum Gasteiger partial charge on any atom is 0.254 e. The highest BCUT2D eigenvalue weighted by molar-refractivity contribution is 14.0. The zero-order valence-electron chi connectivity index (χ0n) is 13.3. The summed E-state index contributed by atoms with van der Waals surface area (Å²) in [5.74, 6) is 1.34. The molecule has 0 spiro atoms. The number of amides is 1. The molecular weight excluding hydrogens is 403 g/mol. The first-order chi connectivity index (χ1) is 10.7. The van der Waals surface area contributed by atoms with Gasteiger partial charge in [-0.2, -0.15) is 0 Å². The van der Waals surface area contributed by atoms with E-state index < -0.39 is 0 Å². The Morgan fingerprint density at radius 3 is 2.87 bits per heavy atom. The number of fused-ring (bicyclic) bond motifs is 1. The maximum atomic E-state index is 12.4. The summed E-state index contributed by atoms with van der Waals surface area (Å²) in [5.41, 5.74) is 7.85. The van der Waals surface area contributed by atoms with E-state index in [0.29, 0.717) is 19.0 Å². The quantitative estimate of drug-likeness (QED) is 0.428. The minimum Gasteiger partial charge on any atom is -0.370 e. The molecule has 0 aromatic heterocycles. The first-order valence-electron chi connectivity index (χ1n) is 8.15. The van der Waals surface area contributed by atoms with Crippen LogP contribution in [0.25, 0.3) is 0 Å². The van der Waals surface area contributed by atoms with Gasteiger partial charge in [0, 0.05) is 31.7 Å². The predicted octanol–water partition coefficient (Wildman–Crippen LogP) is 2.01. The zero-order chi connectivity index (χ0) is 15.4. The number of aliphatic imine (C=N–C) groups is 1. The van der Waals surface area contributed by atoms with Gasteiger partial charge in [0.1, 0.15) is 0 Å². The SMILES string of the molecule is I.NC(=NCC1CCC1)NCCN1CCc2ccccc2C1=O. The highest BCUT2D eigenvalue weighted by Crippen LogP contribution is 2.26. The lowest BCUT2D eigenvalue weighted by atomic mass is 9.86. The van der Waals surface area contributed by atoms with E-state index in [0.717, 1.165) is 36.6 Å².